The zero-order valence-electron chi connectivity index (χ0n) is 21.4. The monoisotopic (exact) mass is 499 g/mol. The van der Waals surface area contributed by atoms with Gasteiger partial charge in [-0.1, -0.05) is 54.6 Å². The van der Waals surface area contributed by atoms with E-state index in [1.165, 1.54) is 0 Å². The number of carbonyl (C=O) groups is 2. The van der Waals surface area contributed by atoms with Crippen LogP contribution in [0.4, 0.5) is 15.4 Å². The summed E-state index contributed by atoms with van der Waals surface area (Å²) in [5.41, 5.74) is 7.68. The number of aromatic nitrogens is 1. The molecule has 5 rings (SSSR count). The SMILES string of the molecule is CC(C)(C)OC(=O)NC1(c2ccc(C3Nc4cc(=NC(N)=O)ccn4C3c3ccccc3)cc2)CCC1. The fraction of sp³-hybridized carbons (Fsp3) is 0.345. The number of pyridine rings is 1. The lowest BCUT2D eigenvalue weighted by atomic mass is 9.71. The number of hydrogen-bond donors (Lipinski definition) is 3. The van der Waals surface area contributed by atoms with Gasteiger partial charge in [0.05, 0.1) is 23.0 Å². The van der Waals surface area contributed by atoms with E-state index < -0.39 is 17.2 Å². The number of urea groups is 1. The van der Waals surface area contributed by atoms with Gasteiger partial charge in [0.1, 0.15) is 11.4 Å². The molecule has 37 heavy (non-hydrogen) atoms. The molecule has 1 aliphatic heterocycles. The minimum Gasteiger partial charge on any atom is -0.444 e. The second-order valence-corrected chi connectivity index (χ2v) is 10.8. The number of carbonyl (C=O) groups excluding carboxylic acids is 2. The van der Waals surface area contributed by atoms with Crippen LogP contribution in [-0.2, 0) is 10.3 Å². The first-order valence-electron chi connectivity index (χ1n) is 12.6. The molecular weight excluding hydrogens is 466 g/mol. The minimum absolute atomic E-state index is 0.00206. The molecule has 0 spiro atoms. The Bertz CT molecular complexity index is 1370. The van der Waals surface area contributed by atoms with E-state index in [4.69, 9.17) is 10.5 Å². The first-order valence-corrected chi connectivity index (χ1v) is 12.6. The number of anilines is 1. The maximum absolute atomic E-state index is 12.6. The molecule has 2 aliphatic rings. The summed E-state index contributed by atoms with van der Waals surface area (Å²) in [5, 5.41) is 7.26. The largest absolute Gasteiger partial charge is 0.444 e. The van der Waals surface area contributed by atoms with Crippen LogP contribution in [0.15, 0.2) is 77.9 Å². The second-order valence-electron chi connectivity index (χ2n) is 10.8. The van der Waals surface area contributed by atoms with Crippen LogP contribution < -0.4 is 21.7 Å². The summed E-state index contributed by atoms with van der Waals surface area (Å²) in [6, 6.07) is 21.6. The average molecular weight is 500 g/mol. The van der Waals surface area contributed by atoms with Crippen LogP contribution in [-0.4, -0.2) is 22.3 Å². The Morgan fingerprint density at radius 1 is 1.05 bits per heavy atom. The molecule has 1 saturated carbocycles. The molecule has 4 N–H and O–H groups in total. The Hall–Kier alpha value is -4.07. The summed E-state index contributed by atoms with van der Waals surface area (Å²) >= 11 is 0. The number of hydrogen-bond acceptors (Lipinski definition) is 4. The average Bonchev–Trinajstić information content (AvgIpc) is 3.19. The summed E-state index contributed by atoms with van der Waals surface area (Å²) in [6.07, 6.45) is 4.37. The highest BCUT2D eigenvalue weighted by molar-refractivity contribution is 5.72. The lowest BCUT2D eigenvalue weighted by Gasteiger charge is -2.43. The Kier molecular flexibility index (Phi) is 6.27. The van der Waals surface area contributed by atoms with Gasteiger partial charge in [0, 0.05) is 12.3 Å². The van der Waals surface area contributed by atoms with Gasteiger partial charge in [-0.25, -0.2) is 9.59 Å². The molecule has 0 radical (unpaired) electrons. The van der Waals surface area contributed by atoms with Crippen molar-refractivity contribution in [2.24, 2.45) is 10.7 Å². The van der Waals surface area contributed by atoms with Gasteiger partial charge in [-0.2, -0.15) is 4.99 Å². The highest BCUT2D eigenvalue weighted by Crippen LogP contribution is 2.44. The summed E-state index contributed by atoms with van der Waals surface area (Å²) in [5.74, 6) is 0.854. The number of amides is 3. The zero-order chi connectivity index (χ0) is 26.2. The number of benzene rings is 2. The number of primary amides is 1. The van der Waals surface area contributed by atoms with E-state index in [1.807, 2.05) is 51.2 Å². The first kappa shape index (κ1) is 24.6. The van der Waals surface area contributed by atoms with Crippen molar-refractivity contribution in [2.75, 3.05) is 5.32 Å². The van der Waals surface area contributed by atoms with Crippen LogP contribution in [0.1, 0.15) is 68.8 Å². The zero-order valence-corrected chi connectivity index (χ0v) is 21.4. The number of fused-ring (bicyclic) bond motifs is 1. The summed E-state index contributed by atoms with van der Waals surface area (Å²) in [6.45, 7) is 5.61. The maximum atomic E-state index is 12.6. The fourth-order valence-electron chi connectivity index (χ4n) is 5.25. The lowest BCUT2D eigenvalue weighted by Crippen LogP contribution is -2.52. The normalized spacial score (nSPS) is 20.4. The quantitative estimate of drug-likeness (QED) is 0.462. The van der Waals surface area contributed by atoms with Crippen molar-refractivity contribution >= 4 is 17.9 Å². The van der Waals surface area contributed by atoms with Crippen molar-refractivity contribution in [3.63, 3.8) is 0 Å². The molecule has 0 saturated heterocycles. The van der Waals surface area contributed by atoms with Gasteiger partial charge in [-0.15, -0.1) is 0 Å². The molecule has 8 heteroatoms. The van der Waals surface area contributed by atoms with Crippen LogP contribution in [0, 0.1) is 0 Å². The molecule has 0 bridgehead atoms. The van der Waals surface area contributed by atoms with Gasteiger partial charge in [-0.05, 0) is 62.8 Å². The molecule has 2 aromatic carbocycles. The molecule has 2 heterocycles. The smallest absolute Gasteiger partial charge is 0.408 e. The van der Waals surface area contributed by atoms with E-state index in [-0.39, 0.29) is 18.2 Å². The first-order chi connectivity index (χ1) is 17.6. The number of nitrogens with two attached hydrogens (primary N) is 1. The van der Waals surface area contributed by atoms with Crippen LogP contribution in [0.2, 0.25) is 0 Å². The predicted molar refractivity (Wildman–Crippen MR) is 142 cm³/mol. The van der Waals surface area contributed by atoms with Crippen LogP contribution >= 0.6 is 0 Å². The number of nitrogens with zero attached hydrogens (tertiary/aromatic N) is 2. The van der Waals surface area contributed by atoms with Crippen molar-refractivity contribution in [3.05, 3.63) is 95.0 Å². The summed E-state index contributed by atoms with van der Waals surface area (Å²) < 4.78 is 7.69. The van der Waals surface area contributed by atoms with Gasteiger partial charge in [0.15, 0.2) is 0 Å². The molecule has 1 aliphatic carbocycles. The van der Waals surface area contributed by atoms with Crippen molar-refractivity contribution in [1.82, 2.24) is 9.88 Å². The fourth-order valence-corrected chi connectivity index (χ4v) is 5.25. The van der Waals surface area contributed by atoms with Crippen molar-refractivity contribution in [2.45, 2.75) is 63.3 Å². The molecule has 1 aromatic heterocycles. The third-order valence-electron chi connectivity index (χ3n) is 7.04. The molecule has 192 valence electrons. The number of nitrogens with one attached hydrogen (secondary N) is 2. The second kappa shape index (κ2) is 9.42. The van der Waals surface area contributed by atoms with Gasteiger partial charge in [-0.3, -0.25) is 0 Å². The van der Waals surface area contributed by atoms with Crippen molar-refractivity contribution < 1.29 is 14.3 Å². The van der Waals surface area contributed by atoms with Gasteiger partial charge < -0.3 is 25.7 Å². The van der Waals surface area contributed by atoms with Crippen LogP contribution in [0.3, 0.4) is 0 Å². The molecule has 3 aromatic rings. The topological polar surface area (TPSA) is 111 Å². The predicted octanol–water partition coefficient (Wildman–Crippen LogP) is 5.13. The van der Waals surface area contributed by atoms with Gasteiger partial charge in [0.2, 0.25) is 0 Å². The Labute approximate surface area is 216 Å². The number of rotatable bonds is 4. The molecule has 2 unspecified atom stereocenters. The summed E-state index contributed by atoms with van der Waals surface area (Å²) in [4.78, 5) is 27.7. The third-order valence-corrected chi connectivity index (χ3v) is 7.04. The van der Waals surface area contributed by atoms with E-state index in [0.29, 0.717) is 5.36 Å². The number of ether oxygens (including phenoxy) is 1. The Morgan fingerprint density at radius 3 is 2.35 bits per heavy atom. The third kappa shape index (κ3) is 5.09. The molecule has 8 nitrogen and oxygen atoms in total. The maximum Gasteiger partial charge on any atom is 0.408 e. The Morgan fingerprint density at radius 2 is 1.76 bits per heavy atom. The molecular formula is C29H33N5O3. The highest BCUT2D eigenvalue weighted by Gasteiger charge is 2.41. The Balaban J connectivity index is 1.45. The molecule has 3 amide bonds. The highest BCUT2D eigenvalue weighted by atomic mass is 16.6. The van der Waals surface area contributed by atoms with Gasteiger partial charge in [0.25, 0.3) is 0 Å². The number of alkyl carbamates (subject to hydrolysis) is 1. The van der Waals surface area contributed by atoms with E-state index >= 15 is 0 Å². The van der Waals surface area contributed by atoms with E-state index in [2.05, 4.69) is 56.6 Å². The molecule has 1 fully saturated rings. The standard InChI is InChI=1S/C29H33N5O3/c1-28(2,3)37-27(36)33-29(15-7-16-29)21-12-10-19(11-13-21)24-25(20-8-5-4-6-9-20)34-17-14-22(31-26(30)35)18-23(34)32-24/h4-6,8-14,17-18,24-25,32H,7,15-16H2,1-3H3,(H2,30,35)(H,33,36). The minimum atomic E-state index is -0.723. The van der Waals surface area contributed by atoms with E-state index in [9.17, 15) is 9.59 Å². The summed E-state index contributed by atoms with van der Waals surface area (Å²) in [7, 11) is 0. The van der Waals surface area contributed by atoms with Crippen molar-refractivity contribution in [3.8, 4) is 0 Å². The van der Waals surface area contributed by atoms with E-state index in [0.717, 1.165) is 41.8 Å². The van der Waals surface area contributed by atoms with Crippen molar-refractivity contribution in [1.29, 1.82) is 0 Å². The lowest BCUT2D eigenvalue weighted by molar-refractivity contribution is 0.0377. The molecule has 2 atom stereocenters. The van der Waals surface area contributed by atoms with Crippen LogP contribution in [0.5, 0.6) is 0 Å². The van der Waals surface area contributed by atoms with E-state index in [1.54, 1.807) is 6.07 Å². The van der Waals surface area contributed by atoms with Crippen LogP contribution in [0.25, 0.3) is 0 Å². The van der Waals surface area contributed by atoms with Gasteiger partial charge >= 0.3 is 12.1 Å².